The van der Waals surface area contributed by atoms with Crippen molar-refractivity contribution in [1.29, 1.82) is 0 Å². The van der Waals surface area contributed by atoms with E-state index in [0.29, 0.717) is 11.0 Å². The van der Waals surface area contributed by atoms with E-state index in [2.05, 4.69) is 10.3 Å². The van der Waals surface area contributed by atoms with Crippen molar-refractivity contribution in [2.24, 2.45) is 0 Å². The summed E-state index contributed by atoms with van der Waals surface area (Å²) in [5.41, 5.74) is 0.275. The van der Waals surface area contributed by atoms with Gasteiger partial charge < -0.3 is 10.1 Å². The normalized spacial score (nSPS) is 10.5. The third-order valence-electron chi connectivity index (χ3n) is 2.53. The second-order valence-electron chi connectivity index (χ2n) is 3.97. The van der Waals surface area contributed by atoms with Crippen LogP contribution in [0.1, 0.15) is 22.2 Å². The summed E-state index contributed by atoms with van der Waals surface area (Å²) in [6, 6.07) is 2.41. The van der Waals surface area contributed by atoms with Gasteiger partial charge in [-0.3, -0.25) is 0 Å². The van der Waals surface area contributed by atoms with E-state index in [0.717, 1.165) is 10.9 Å². The molecule has 0 fully saturated rings. The van der Waals surface area contributed by atoms with Gasteiger partial charge in [-0.05, 0) is 19.1 Å². The van der Waals surface area contributed by atoms with Crippen LogP contribution < -0.4 is 5.32 Å². The van der Waals surface area contributed by atoms with Crippen LogP contribution in [0.2, 0.25) is 9.49 Å². The fourth-order valence-electron chi connectivity index (χ4n) is 1.60. The van der Waals surface area contributed by atoms with E-state index in [1.54, 1.807) is 13.1 Å². The molecule has 0 radical (unpaired) electrons. The first-order chi connectivity index (χ1) is 10.0. The SMILES string of the molecule is CCOC(=O)c1cc(NCc2cnc(Cl)s2)c(F)cc1Cl. The molecular weight excluding hydrogens is 338 g/mol. The molecule has 2 aromatic rings. The van der Waals surface area contributed by atoms with E-state index < -0.39 is 11.8 Å². The Morgan fingerprint density at radius 2 is 2.24 bits per heavy atom. The summed E-state index contributed by atoms with van der Waals surface area (Å²) < 4.78 is 19.1. The van der Waals surface area contributed by atoms with Crippen molar-refractivity contribution < 1.29 is 13.9 Å². The Hall–Kier alpha value is -1.37. The first-order valence-corrected chi connectivity index (χ1v) is 7.58. The second-order valence-corrected chi connectivity index (χ2v) is 6.07. The fourth-order valence-corrected chi connectivity index (χ4v) is 2.74. The van der Waals surface area contributed by atoms with Gasteiger partial charge in [0.05, 0.1) is 29.4 Å². The van der Waals surface area contributed by atoms with Gasteiger partial charge in [-0.15, -0.1) is 11.3 Å². The van der Waals surface area contributed by atoms with E-state index in [9.17, 15) is 9.18 Å². The number of thiazole rings is 1. The number of carbonyl (C=O) groups excluding carboxylic acids is 1. The maximum Gasteiger partial charge on any atom is 0.339 e. The summed E-state index contributed by atoms with van der Waals surface area (Å²) in [5, 5.41) is 2.89. The zero-order valence-electron chi connectivity index (χ0n) is 11.0. The minimum atomic E-state index is -0.591. The number of nitrogens with one attached hydrogen (secondary N) is 1. The molecule has 0 amide bonds. The lowest BCUT2D eigenvalue weighted by molar-refractivity contribution is 0.0526. The molecule has 0 atom stereocenters. The molecule has 0 aliphatic rings. The highest BCUT2D eigenvalue weighted by Crippen LogP contribution is 2.26. The Labute approximate surface area is 134 Å². The lowest BCUT2D eigenvalue weighted by atomic mass is 10.2. The lowest BCUT2D eigenvalue weighted by Gasteiger charge is -2.10. The number of aromatic nitrogens is 1. The number of anilines is 1. The van der Waals surface area contributed by atoms with E-state index in [1.807, 2.05) is 0 Å². The topological polar surface area (TPSA) is 51.2 Å². The van der Waals surface area contributed by atoms with Crippen LogP contribution in [0, 0.1) is 5.82 Å². The molecule has 0 saturated carbocycles. The summed E-state index contributed by atoms with van der Waals surface area (Å²) in [6.07, 6.45) is 1.60. The van der Waals surface area contributed by atoms with Crippen molar-refractivity contribution in [3.8, 4) is 0 Å². The third-order valence-corrected chi connectivity index (χ3v) is 3.96. The van der Waals surface area contributed by atoms with E-state index >= 15 is 0 Å². The zero-order valence-corrected chi connectivity index (χ0v) is 13.3. The smallest absolute Gasteiger partial charge is 0.339 e. The number of carbonyl (C=O) groups is 1. The van der Waals surface area contributed by atoms with Crippen LogP contribution in [0.25, 0.3) is 0 Å². The molecule has 1 aromatic carbocycles. The van der Waals surface area contributed by atoms with E-state index in [1.165, 1.54) is 17.4 Å². The Kier molecular flexibility index (Phi) is 5.39. The maximum absolute atomic E-state index is 13.9. The van der Waals surface area contributed by atoms with Gasteiger partial charge in [0.2, 0.25) is 0 Å². The van der Waals surface area contributed by atoms with Gasteiger partial charge in [-0.2, -0.15) is 0 Å². The minimum Gasteiger partial charge on any atom is -0.462 e. The van der Waals surface area contributed by atoms with Crippen molar-refractivity contribution in [3.05, 3.63) is 44.1 Å². The highest BCUT2D eigenvalue weighted by atomic mass is 35.5. The lowest BCUT2D eigenvalue weighted by Crippen LogP contribution is -2.08. The molecule has 8 heteroatoms. The van der Waals surface area contributed by atoms with Crippen molar-refractivity contribution in [3.63, 3.8) is 0 Å². The van der Waals surface area contributed by atoms with Crippen molar-refractivity contribution in [1.82, 2.24) is 4.98 Å². The molecule has 1 heterocycles. The number of nitrogens with zero attached hydrogens (tertiary/aromatic N) is 1. The number of rotatable bonds is 5. The molecule has 1 aromatic heterocycles. The largest absolute Gasteiger partial charge is 0.462 e. The number of ether oxygens (including phenoxy) is 1. The molecule has 0 spiro atoms. The zero-order chi connectivity index (χ0) is 15.4. The molecular formula is C13H11Cl2FN2O2S. The van der Waals surface area contributed by atoms with Gasteiger partial charge in [0, 0.05) is 11.1 Å². The van der Waals surface area contributed by atoms with Crippen LogP contribution in [0.3, 0.4) is 0 Å². The van der Waals surface area contributed by atoms with E-state index in [-0.39, 0.29) is 22.9 Å². The summed E-state index contributed by atoms with van der Waals surface area (Å²) >= 11 is 12.9. The molecule has 0 aliphatic carbocycles. The second kappa shape index (κ2) is 7.06. The Morgan fingerprint density at radius 1 is 1.48 bits per heavy atom. The fraction of sp³-hybridized carbons (Fsp3) is 0.231. The first-order valence-electron chi connectivity index (χ1n) is 6.01. The van der Waals surface area contributed by atoms with Gasteiger partial charge in [0.15, 0.2) is 4.47 Å². The van der Waals surface area contributed by atoms with Crippen LogP contribution in [-0.2, 0) is 11.3 Å². The number of hydrogen-bond donors (Lipinski definition) is 1. The minimum absolute atomic E-state index is 0.0114. The van der Waals surface area contributed by atoms with Crippen LogP contribution in [0.15, 0.2) is 18.3 Å². The quantitative estimate of drug-likeness (QED) is 0.814. The predicted molar refractivity (Wildman–Crippen MR) is 81.8 cm³/mol. The van der Waals surface area contributed by atoms with Crippen LogP contribution in [0.5, 0.6) is 0 Å². The Bertz CT molecular complexity index is 664. The highest BCUT2D eigenvalue weighted by Gasteiger charge is 2.16. The maximum atomic E-state index is 13.9. The Morgan fingerprint density at radius 3 is 2.86 bits per heavy atom. The summed E-state index contributed by atoms with van der Waals surface area (Å²) in [4.78, 5) is 16.5. The third kappa shape index (κ3) is 4.06. The average Bonchev–Trinajstić information content (AvgIpc) is 2.83. The molecule has 21 heavy (non-hydrogen) atoms. The molecule has 4 nitrogen and oxygen atoms in total. The molecule has 0 saturated heterocycles. The summed E-state index contributed by atoms with van der Waals surface area (Å²) in [6.45, 7) is 2.24. The molecule has 112 valence electrons. The monoisotopic (exact) mass is 348 g/mol. The van der Waals surface area contributed by atoms with Gasteiger partial charge in [0.25, 0.3) is 0 Å². The summed E-state index contributed by atoms with van der Waals surface area (Å²) in [5.74, 6) is -1.14. The number of esters is 1. The van der Waals surface area contributed by atoms with Crippen molar-refractivity contribution >= 4 is 46.2 Å². The standard InChI is InChI=1S/C13H11Cl2FN2O2S/c1-2-20-12(19)8-3-11(10(16)4-9(8)14)17-5-7-6-18-13(15)21-7/h3-4,6,17H,2,5H2,1H3. The number of hydrogen-bond acceptors (Lipinski definition) is 5. The molecule has 0 unspecified atom stereocenters. The predicted octanol–water partition coefficient (Wildman–Crippen LogP) is 4.38. The molecule has 1 N–H and O–H groups in total. The van der Waals surface area contributed by atoms with Crippen molar-refractivity contribution in [2.45, 2.75) is 13.5 Å². The van der Waals surface area contributed by atoms with E-state index in [4.69, 9.17) is 27.9 Å². The van der Waals surface area contributed by atoms with Crippen LogP contribution >= 0.6 is 34.5 Å². The van der Waals surface area contributed by atoms with Gasteiger partial charge in [-0.1, -0.05) is 23.2 Å². The summed E-state index contributed by atoms with van der Waals surface area (Å²) in [7, 11) is 0. The van der Waals surface area contributed by atoms with Gasteiger partial charge >= 0.3 is 5.97 Å². The van der Waals surface area contributed by atoms with Crippen LogP contribution in [0.4, 0.5) is 10.1 Å². The molecule has 0 aliphatic heterocycles. The number of halogens is 3. The first kappa shape index (κ1) is 16.0. The number of benzene rings is 1. The molecule has 0 bridgehead atoms. The average molecular weight is 349 g/mol. The van der Waals surface area contributed by atoms with Gasteiger partial charge in [0.1, 0.15) is 5.82 Å². The Balaban J connectivity index is 2.18. The van der Waals surface area contributed by atoms with Crippen molar-refractivity contribution in [2.75, 3.05) is 11.9 Å². The molecule has 2 rings (SSSR count). The highest BCUT2D eigenvalue weighted by molar-refractivity contribution is 7.15. The van der Waals surface area contributed by atoms with Gasteiger partial charge in [-0.25, -0.2) is 14.2 Å². The van der Waals surface area contributed by atoms with Crippen LogP contribution in [-0.4, -0.2) is 17.6 Å².